The van der Waals surface area contributed by atoms with Gasteiger partial charge in [-0.2, -0.15) is 5.10 Å². The summed E-state index contributed by atoms with van der Waals surface area (Å²) in [5, 5.41) is 13.7. The van der Waals surface area contributed by atoms with E-state index in [1.165, 1.54) is 12.1 Å². The monoisotopic (exact) mass is 375 g/mol. The molecule has 0 radical (unpaired) electrons. The van der Waals surface area contributed by atoms with Crippen molar-refractivity contribution in [2.24, 2.45) is 5.14 Å². The minimum absolute atomic E-state index is 0.0205. The summed E-state index contributed by atoms with van der Waals surface area (Å²) in [5.74, 6) is 0.953. The molecule has 138 valence electrons. The highest BCUT2D eigenvalue weighted by molar-refractivity contribution is 7.89. The number of anilines is 2. The fourth-order valence-corrected chi connectivity index (χ4v) is 3.24. The van der Waals surface area contributed by atoms with Crippen LogP contribution in [0.2, 0.25) is 0 Å². The molecule has 8 nitrogen and oxygen atoms in total. The van der Waals surface area contributed by atoms with Crippen molar-refractivity contribution in [1.82, 2.24) is 14.8 Å². The smallest absolute Gasteiger partial charge is 0.238 e. The average molecular weight is 375 g/mol. The zero-order valence-corrected chi connectivity index (χ0v) is 15.8. The number of sulfonamides is 1. The van der Waals surface area contributed by atoms with E-state index in [0.29, 0.717) is 22.8 Å². The number of aromatic nitrogens is 3. The van der Waals surface area contributed by atoms with Crippen molar-refractivity contribution in [3.05, 3.63) is 36.5 Å². The molecule has 0 unspecified atom stereocenters. The molecule has 3 rings (SSSR count). The molecule has 0 aliphatic heterocycles. The molecular weight excluding hydrogens is 354 g/mol. The molecule has 0 aliphatic carbocycles. The second-order valence-electron chi connectivity index (χ2n) is 6.84. The third kappa shape index (κ3) is 3.35. The van der Waals surface area contributed by atoms with Crippen LogP contribution in [0.25, 0.3) is 10.9 Å². The molecule has 0 amide bonds. The molecule has 9 heteroatoms. The van der Waals surface area contributed by atoms with Gasteiger partial charge in [-0.25, -0.2) is 18.5 Å². The average Bonchev–Trinajstić information content (AvgIpc) is 2.93. The number of nitrogens with two attached hydrogens (primary N) is 1. The molecule has 0 fully saturated rings. The number of rotatable bonds is 4. The fourth-order valence-electron chi connectivity index (χ4n) is 2.68. The Morgan fingerprint density at radius 1 is 1.23 bits per heavy atom. The lowest BCUT2D eigenvalue weighted by Gasteiger charge is -2.20. The van der Waals surface area contributed by atoms with E-state index in [0.717, 1.165) is 5.52 Å². The number of primary sulfonamides is 1. The van der Waals surface area contributed by atoms with Crippen LogP contribution in [0, 0.1) is 0 Å². The van der Waals surface area contributed by atoms with Gasteiger partial charge in [0.15, 0.2) is 5.82 Å². The predicted molar refractivity (Wildman–Crippen MR) is 100 cm³/mol. The highest BCUT2D eigenvalue weighted by Crippen LogP contribution is 2.35. The Hall–Kier alpha value is -2.65. The van der Waals surface area contributed by atoms with Crippen molar-refractivity contribution in [1.29, 1.82) is 0 Å². The quantitative estimate of drug-likeness (QED) is 0.725. The SMILES string of the molecule is COc1nccc2c1c(Nc1cccc(S(N)(=O)=O)c1)nn2C(C)(C)C. The molecule has 0 spiro atoms. The minimum atomic E-state index is -3.79. The number of methoxy groups -OCH3 is 1. The van der Waals surface area contributed by atoms with Gasteiger partial charge in [0.2, 0.25) is 15.9 Å². The van der Waals surface area contributed by atoms with E-state index >= 15 is 0 Å². The Bertz CT molecular complexity index is 1070. The van der Waals surface area contributed by atoms with E-state index < -0.39 is 10.0 Å². The molecule has 26 heavy (non-hydrogen) atoms. The molecule has 2 aromatic heterocycles. The van der Waals surface area contributed by atoms with Crippen LogP contribution in [0.1, 0.15) is 20.8 Å². The lowest BCUT2D eigenvalue weighted by molar-refractivity contribution is 0.369. The minimum Gasteiger partial charge on any atom is -0.480 e. The van der Waals surface area contributed by atoms with Crippen LogP contribution in [0.4, 0.5) is 11.5 Å². The Morgan fingerprint density at radius 3 is 2.58 bits per heavy atom. The molecule has 0 atom stereocenters. The van der Waals surface area contributed by atoms with Crippen LogP contribution in [-0.2, 0) is 15.6 Å². The van der Waals surface area contributed by atoms with Gasteiger partial charge in [0.25, 0.3) is 0 Å². The van der Waals surface area contributed by atoms with Gasteiger partial charge in [-0.3, -0.25) is 4.68 Å². The summed E-state index contributed by atoms with van der Waals surface area (Å²) in [6, 6.07) is 8.11. The van der Waals surface area contributed by atoms with Crippen LogP contribution in [0.3, 0.4) is 0 Å². The maximum atomic E-state index is 11.6. The van der Waals surface area contributed by atoms with Crippen LogP contribution in [0.5, 0.6) is 5.88 Å². The van der Waals surface area contributed by atoms with Crippen LogP contribution >= 0.6 is 0 Å². The number of nitrogens with zero attached hydrogens (tertiary/aromatic N) is 3. The van der Waals surface area contributed by atoms with Gasteiger partial charge in [0.1, 0.15) is 5.39 Å². The summed E-state index contributed by atoms with van der Waals surface area (Å²) in [7, 11) is -2.25. The Morgan fingerprint density at radius 2 is 1.96 bits per heavy atom. The first-order chi connectivity index (χ1) is 12.1. The van der Waals surface area contributed by atoms with E-state index in [-0.39, 0.29) is 10.4 Å². The largest absolute Gasteiger partial charge is 0.480 e. The van der Waals surface area contributed by atoms with Crippen molar-refractivity contribution in [3.8, 4) is 5.88 Å². The molecule has 0 aliphatic rings. The first-order valence-corrected chi connectivity index (χ1v) is 9.48. The van der Waals surface area contributed by atoms with Gasteiger partial charge in [-0.15, -0.1) is 0 Å². The van der Waals surface area contributed by atoms with Crippen LogP contribution in [-0.4, -0.2) is 30.3 Å². The third-order valence-electron chi connectivity index (χ3n) is 3.81. The number of ether oxygens (including phenoxy) is 1. The number of hydrogen-bond acceptors (Lipinski definition) is 6. The predicted octanol–water partition coefficient (Wildman–Crippen LogP) is 2.59. The van der Waals surface area contributed by atoms with E-state index in [9.17, 15) is 8.42 Å². The number of hydrogen-bond donors (Lipinski definition) is 2. The summed E-state index contributed by atoms with van der Waals surface area (Å²) in [6.07, 6.45) is 1.66. The van der Waals surface area contributed by atoms with Crippen molar-refractivity contribution in [3.63, 3.8) is 0 Å². The molecule has 0 bridgehead atoms. The van der Waals surface area contributed by atoms with E-state index in [1.54, 1.807) is 25.4 Å². The van der Waals surface area contributed by atoms with Gasteiger partial charge in [0.05, 0.1) is 23.1 Å². The van der Waals surface area contributed by atoms with Gasteiger partial charge in [0, 0.05) is 11.9 Å². The van der Waals surface area contributed by atoms with Crippen molar-refractivity contribution in [2.45, 2.75) is 31.2 Å². The second kappa shape index (κ2) is 6.26. The first-order valence-electron chi connectivity index (χ1n) is 7.93. The van der Waals surface area contributed by atoms with Crippen LogP contribution < -0.4 is 15.2 Å². The highest BCUT2D eigenvalue weighted by Gasteiger charge is 2.23. The van der Waals surface area contributed by atoms with Crippen molar-refractivity contribution < 1.29 is 13.2 Å². The fraction of sp³-hybridized carbons (Fsp3) is 0.294. The summed E-state index contributed by atoms with van der Waals surface area (Å²) in [4.78, 5) is 4.27. The maximum Gasteiger partial charge on any atom is 0.238 e. The highest BCUT2D eigenvalue weighted by atomic mass is 32.2. The van der Waals surface area contributed by atoms with Gasteiger partial charge < -0.3 is 10.1 Å². The zero-order chi connectivity index (χ0) is 19.1. The number of benzene rings is 1. The van der Waals surface area contributed by atoms with Gasteiger partial charge in [-0.05, 0) is 45.0 Å². The van der Waals surface area contributed by atoms with Gasteiger partial charge in [-0.1, -0.05) is 6.07 Å². The van der Waals surface area contributed by atoms with Crippen LogP contribution in [0.15, 0.2) is 41.4 Å². The number of pyridine rings is 1. The molecule has 0 saturated carbocycles. The molecule has 1 aromatic carbocycles. The zero-order valence-electron chi connectivity index (χ0n) is 15.0. The molecule has 3 aromatic rings. The summed E-state index contributed by atoms with van der Waals surface area (Å²) >= 11 is 0. The Labute approximate surface area is 152 Å². The number of fused-ring (bicyclic) bond motifs is 1. The van der Waals surface area contributed by atoms with Crippen molar-refractivity contribution in [2.75, 3.05) is 12.4 Å². The molecule has 3 N–H and O–H groups in total. The standard InChI is InChI=1S/C17H21N5O3S/c1-17(2,3)22-13-8-9-19-16(25-4)14(13)15(21-22)20-11-6-5-7-12(10-11)26(18,23)24/h5-10H,1-4H3,(H,20,21)(H2,18,23,24). The van der Waals surface area contributed by atoms with Crippen molar-refractivity contribution >= 4 is 32.4 Å². The summed E-state index contributed by atoms with van der Waals surface area (Å²) in [5.41, 5.74) is 1.13. The van der Waals surface area contributed by atoms with Gasteiger partial charge >= 0.3 is 0 Å². The maximum absolute atomic E-state index is 11.6. The topological polar surface area (TPSA) is 112 Å². The summed E-state index contributed by atoms with van der Waals surface area (Å²) < 4.78 is 30.4. The van der Waals surface area contributed by atoms with E-state index in [2.05, 4.69) is 15.4 Å². The molecular formula is C17H21N5O3S. The molecule has 0 saturated heterocycles. The normalized spacial score (nSPS) is 12.3. The second-order valence-corrected chi connectivity index (χ2v) is 8.40. The summed E-state index contributed by atoms with van der Waals surface area (Å²) in [6.45, 7) is 6.12. The lowest BCUT2D eigenvalue weighted by Crippen LogP contribution is -2.23. The lowest BCUT2D eigenvalue weighted by atomic mass is 10.1. The first kappa shape index (κ1) is 18.2. The Balaban J connectivity index is 2.17. The van der Waals surface area contributed by atoms with E-state index in [1.807, 2.05) is 31.5 Å². The Kier molecular flexibility index (Phi) is 4.37. The molecule has 2 heterocycles. The third-order valence-corrected chi connectivity index (χ3v) is 4.72. The van der Waals surface area contributed by atoms with E-state index in [4.69, 9.17) is 9.88 Å². The number of nitrogens with one attached hydrogen (secondary N) is 1.